The first-order valence-electron chi connectivity index (χ1n) is 5.49. The van der Waals surface area contributed by atoms with Crippen LogP contribution in [-0.4, -0.2) is 30.2 Å². The number of cyclic esters (lactones) is 1. The Morgan fingerprint density at radius 1 is 1.47 bits per heavy atom. The number of nitrogens with zero attached hydrogens (tertiary/aromatic N) is 1. The predicted molar refractivity (Wildman–Crippen MR) is 69.9 cm³/mol. The first kappa shape index (κ1) is 12.2. The van der Waals surface area contributed by atoms with Crippen LogP contribution >= 0.6 is 15.9 Å². The third kappa shape index (κ3) is 2.88. The number of amides is 1. The highest BCUT2D eigenvalue weighted by atomic mass is 79.9. The van der Waals surface area contributed by atoms with Crippen LogP contribution in [0.5, 0.6) is 0 Å². The highest BCUT2D eigenvalue weighted by Gasteiger charge is 2.31. The molecule has 0 aromatic heterocycles. The topological polar surface area (TPSA) is 29.5 Å². The molecule has 0 spiro atoms. The van der Waals surface area contributed by atoms with Crippen LogP contribution < -0.4 is 0 Å². The van der Waals surface area contributed by atoms with Crippen molar-refractivity contribution < 1.29 is 9.53 Å². The number of carbonyl (C=O) groups excluding carboxylic acids is 1. The Kier molecular flexibility index (Phi) is 3.84. The Hall–Kier alpha value is -1.29. The van der Waals surface area contributed by atoms with Gasteiger partial charge in [-0.1, -0.05) is 34.1 Å². The minimum absolute atomic E-state index is 0.113. The lowest BCUT2D eigenvalue weighted by molar-refractivity contribution is 0.160. The summed E-state index contributed by atoms with van der Waals surface area (Å²) in [6.07, 6.45) is 2.29. The molecule has 0 N–H and O–H groups in total. The van der Waals surface area contributed by atoms with Gasteiger partial charge < -0.3 is 4.74 Å². The van der Waals surface area contributed by atoms with Crippen LogP contribution in [-0.2, 0) is 11.2 Å². The summed E-state index contributed by atoms with van der Waals surface area (Å²) in [4.78, 5) is 13.2. The molecule has 1 amide bonds. The van der Waals surface area contributed by atoms with E-state index in [-0.39, 0.29) is 12.1 Å². The van der Waals surface area contributed by atoms with Crippen molar-refractivity contribution in [2.75, 3.05) is 13.2 Å². The summed E-state index contributed by atoms with van der Waals surface area (Å²) in [6, 6.07) is 8.23. The molecule has 3 nitrogen and oxygen atoms in total. The van der Waals surface area contributed by atoms with Crippen molar-refractivity contribution in [2.45, 2.75) is 12.5 Å². The molecule has 1 aromatic rings. The van der Waals surface area contributed by atoms with Crippen LogP contribution in [0, 0.1) is 0 Å². The van der Waals surface area contributed by atoms with E-state index in [0.717, 1.165) is 10.9 Å². The number of ether oxygens (including phenoxy) is 1. The van der Waals surface area contributed by atoms with Crippen LogP contribution in [0.3, 0.4) is 0 Å². The van der Waals surface area contributed by atoms with Gasteiger partial charge in [0.05, 0.1) is 6.04 Å². The van der Waals surface area contributed by atoms with E-state index in [2.05, 4.69) is 34.6 Å². The van der Waals surface area contributed by atoms with Crippen LogP contribution in [0.25, 0.3) is 0 Å². The van der Waals surface area contributed by atoms with Gasteiger partial charge in [0.25, 0.3) is 0 Å². The number of hydrogen-bond acceptors (Lipinski definition) is 2. The van der Waals surface area contributed by atoms with E-state index < -0.39 is 0 Å². The van der Waals surface area contributed by atoms with E-state index >= 15 is 0 Å². The molecule has 0 bridgehead atoms. The summed E-state index contributed by atoms with van der Waals surface area (Å²) in [5.41, 5.74) is 1.20. The summed E-state index contributed by atoms with van der Waals surface area (Å²) >= 11 is 3.40. The second-order valence-electron chi connectivity index (χ2n) is 4.00. The van der Waals surface area contributed by atoms with E-state index in [9.17, 15) is 4.79 Å². The molecule has 1 aliphatic heterocycles. The minimum Gasteiger partial charge on any atom is -0.447 e. The maximum atomic E-state index is 11.5. The highest BCUT2D eigenvalue weighted by Crippen LogP contribution is 2.18. The molecule has 90 valence electrons. The Morgan fingerprint density at radius 2 is 2.18 bits per heavy atom. The van der Waals surface area contributed by atoms with Crippen molar-refractivity contribution in [1.82, 2.24) is 4.90 Å². The van der Waals surface area contributed by atoms with Crippen molar-refractivity contribution in [3.05, 3.63) is 47.0 Å². The van der Waals surface area contributed by atoms with Crippen molar-refractivity contribution >= 4 is 22.0 Å². The average molecular weight is 296 g/mol. The largest absolute Gasteiger partial charge is 0.447 e. The second kappa shape index (κ2) is 5.36. The number of carbonyl (C=O) groups is 1. The first-order valence-corrected chi connectivity index (χ1v) is 6.28. The Morgan fingerprint density at radius 3 is 2.82 bits per heavy atom. The number of rotatable bonds is 4. The third-order valence-corrected chi connectivity index (χ3v) is 3.31. The molecule has 1 aliphatic rings. The Bertz CT molecular complexity index is 416. The zero-order chi connectivity index (χ0) is 12.3. The molecule has 0 saturated carbocycles. The summed E-state index contributed by atoms with van der Waals surface area (Å²) in [5.74, 6) is 0. The minimum atomic E-state index is -0.244. The Labute approximate surface area is 109 Å². The SMILES string of the molecule is C=CCN1C(=O)OCC1Cc1ccc(Br)cc1. The molecule has 1 atom stereocenters. The van der Waals surface area contributed by atoms with Gasteiger partial charge in [0.2, 0.25) is 0 Å². The monoisotopic (exact) mass is 295 g/mol. The van der Waals surface area contributed by atoms with Crippen LogP contribution in [0.2, 0.25) is 0 Å². The van der Waals surface area contributed by atoms with Crippen molar-refractivity contribution in [3.8, 4) is 0 Å². The maximum Gasteiger partial charge on any atom is 0.410 e. The summed E-state index contributed by atoms with van der Waals surface area (Å²) in [6.45, 7) is 4.66. The van der Waals surface area contributed by atoms with Crippen LogP contribution in [0.15, 0.2) is 41.4 Å². The van der Waals surface area contributed by atoms with E-state index in [1.165, 1.54) is 5.56 Å². The van der Waals surface area contributed by atoms with Gasteiger partial charge in [-0.3, -0.25) is 4.90 Å². The zero-order valence-electron chi connectivity index (χ0n) is 9.43. The number of hydrogen-bond donors (Lipinski definition) is 0. The summed E-state index contributed by atoms with van der Waals surface area (Å²) < 4.78 is 6.11. The third-order valence-electron chi connectivity index (χ3n) is 2.78. The van der Waals surface area contributed by atoms with Crippen LogP contribution in [0.1, 0.15) is 5.56 Å². The number of benzene rings is 1. The molecular weight excluding hydrogens is 282 g/mol. The smallest absolute Gasteiger partial charge is 0.410 e. The summed E-state index contributed by atoms with van der Waals surface area (Å²) in [5, 5.41) is 0. The van der Waals surface area contributed by atoms with Gasteiger partial charge in [0, 0.05) is 11.0 Å². The molecule has 1 unspecified atom stereocenters. The molecule has 1 fully saturated rings. The van der Waals surface area contributed by atoms with E-state index in [1.807, 2.05) is 12.1 Å². The molecule has 4 heteroatoms. The van der Waals surface area contributed by atoms with Crippen molar-refractivity contribution in [3.63, 3.8) is 0 Å². The van der Waals surface area contributed by atoms with Crippen molar-refractivity contribution in [2.24, 2.45) is 0 Å². The van der Waals surface area contributed by atoms with Gasteiger partial charge in [0.15, 0.2) is 0 Å². The van der Waals surface area contributed by atoms with Gasteiger partial charge >= 0.3 is 6.09 Å². The molecule has 2 rings (SSSR count). The van der Waals surface area contributed by atoms with Gasteiger partial charge in [-0.05, 0) is 24.1 Å². The van der Waals surface area contributed by atoms with Gasteiger partial charge in [-0.2, -0.15) is 0 Å². The molecule has 0 aliphatic carbocycles. The van der Waals surface area contributed by atoms with E-state index in [4.69, 9.17) is 4.74 Å². The number of halogens is 1. The molecule has 1 saturated heterocycles. The maximum absolute atomic E-state index is 11.5. The average Bonchev–Trinajstić information content (AvgIpc) is 2.65. The molecule has 1 aromatic carbocycles. The van der Waals surface area contributed by atoms with Crippen LogP contribution in [0.4, 0.5) is 4.79 Å². The quantitative estimate of drug-likeness (QED) is 0.799. The summed E-state index contributed by atoms with van der Waals surface area (Å²) in [7, 11) is 0. The Balaban J connectivity index is 2.05. The lowest BCUT2D eigenvalue weighted by Crippen LogP contribution is -2.35. The zero-order valence-corrected chi connectivity index (χ0v) is 11.0. The first-order chi connectivity index (χ1) is 8.20. The van der Waals surface area contributed by atoms with Gasteiger partial charge in [0.1, 0.15) is 6.61 Å². The molecule has 17 heavy (non-hydrogen) atoms. The fourth-order valence-corrected chi connectivity index (χ4v) is 2.18. The standard InChI is InChI=1S/C13H14BrNO2/c1-2-7-15-12(9-17-13(15)16)8-10-3-5-11(14)6-4-10/h2-6,12H,1,7-9H2. The lowest BCUT2D eigenvalue weighted by Gasteiger charge is -2.19. The van der Waals surface area contributed by atoms with Crippen molar-refractivity contribution in [1.29, 1.82) is 0 Å². The van der Waals surface area contributed by atoms with E-state index in [0.29, 0.717) is 13.2 Å². The fraction of sp³-hybridized carbons (Fsp3) is 0.308. The van der Waals surface area contributed by atoms with Gasteiger partial charge in [-0.15, -0.1) is 6.58 Å². The fourth-order valence-electron chi connectivity index (χ4n) is 1.91. The normalized spacial score (nSPS) is 19.2. The second-order valence-corrected chi connectivity index (χ2v) is 4.92. The molecule has 0 radical (unpaired) electrons. The predicted octanol–water partition coefficient (Wildman–Crippen LogP) is 3.00. The highest BCUT2D eigenvalue weighted by molar-refractivity contribution is 9.10. The van der Waals surface area contributed by atoms with E-state index in [1.54, 1.807) is 11.0 Å². The molecule has 1 heterocycles. The van der Waals surface area contributed by atoms with Gasteiger partial charge in [-0.25, -0.2) is 4.79 Å². The lowest BCUT2D eigenvalue weighted by atomic mass is 10.1. The molecular formula is C13H14BrNO2.